The van der Waals surface area contributed by atoms with E-state index in [0.29, 0.717) is 0 Å². The first-order valence-corrected chi connectivity index (χ1v) is 8.06. The topological polar surface area (TPSA) is 38.7 Å². The van der Waals surface area contributed by atoms with Gasteiger partial charge in [-0.1, -0.05) is 12.1 Å². The number of hydrogen-bond donors (Lipinski definition) is 1. The van der Waals surface area contributed by atoms with Gasteiger partial charge >= 0.3 is 15.0 Å². The minimum atomic E-state index is -4.41. The van der Waals surface area contributed by atoms with Gasteiger partial charge in [0.05, 0.1) is 5.56 Å². The van der Waals surface area contributed by atoms with E-state index in [2.05, 4.69) is 0 Å². The summed E-state index contributed by atoms with van der Waals surface area (Å²) < 4.78 is 48.5. The van der Waals surface area contributed by atoms with E-state index in [0.717, 1.165) is 12.1 Å². The van der Waals surface area contributed by atoms with Gasteiger partial charge in [0.2, 0.25) is 0 Å². The maximum atomic E-state index is 12.5. The van der Waals surface area contributed by atoms with E-state index in [1.54, 1.807) is 27.7 Å². The summed E-state index contributed by atoms with van der Waals surface area (Å²) in [6.07, 6.45) is -5.00. The van der Waals surface area contributed by atoms with Crippen LogP contribution in [0.15, 0.2) is 24.3 Å². The normalized spacial score (nSPS) is 13.3. The lowest BCUT2D eigenvalue weighted by molar-refractivity contribution is -0.137. The van der Waals surface area contributed by atoms with Crippen LogP contribution in [0.3, 0.4) is 0 Å². The fourth-order valence-electron chi connectivity index (χ4n) is 1.67. The predicted octanol–water partition coefficient (Wildman–Crippen LogP) is 2.69. The lowest BCUT2D eigenvalue weighted by Crippen LogP contribution is -2.56. The summed E-state index contributed by atoms with van der Waals surface area (Å²) in [5, 5.41) is 0.257. The van der Waals surface area contributed by atoms with E-state index in [1.165, 1.54) is 12.1 Å². The van der Waals surface area contributed by atoms with Gasteiger partial charge in [-0.3, -0.25) is 0 Å². The molecule has 0 atom stereocenters. The third kappa shape index (κ3) is 4.59. The standard InChI is InChI=1S/C13H19F3O3Si/c1-9(2)18-20(17,19-10(3)4)12-7-5-11(6-8-12)13(14,15)16/h5-10,17H,1-4H3. The SMILES string of the molecule is CC(C)O[Si](O)(OC(C)C)c1ccc(C(F)(F)F)cc1. The van der Waals surface area contributed by atoms with Gasteiger partial charge in [0.15, 0.2) is 0 Å². The number of halogens is 3. The molecule has 0 aliphatic carbocycles. The van der Waals surface area contributed by atoms with Gasteiger partial charge in [0, 0.05) is 17.4 Å². The van der Waals surface area contributed by atoms with Crippen LogP contribution < -0.4 is 5.19 Å². The smallest absolute Gasteiger partial charge is 0.386 e. The first kappa shape index (κ1) is 17.2. The van der Waals surface area contributed by atoms with Crippen LogP contribution in [0.5, 0.6) is 0 Å². The first-order chi connectivity index (χ1) is 9.04. The minimum absolute atomic E-state index is 0.257. The Morgan fingerprint density at radius 2 is 1.35 bits per heavy atom. The molecule has 1 aromatic rings. The summed E-state index contributed by atoms with van der Waals surface area (Å²) in [5.74, 6) is 0. The van der Waals surface area contributed by atoms with Crippen molar-refractivity contribution in [3.05, 3.63) is 29.8 Å². The molecule has 0 fully saturated rings. The lowest BCUT2D eigenvalue weighted by atomic mass is 10.2. The number of benzene rings is 1. The first-order valence-electron chi connectivity index (χ1n) is 6.30. The molecule has 0 aliphatic rings. The second-order valence-electron chi connectivity index (χ2n) is 4.99. The van der Waals surface area contributed by atoms with E-state index >= 15 is 0 Å². The summed E-state index contributed by atoms with van der Waals surface area (Å²) in [7, 11) is -3.70. The zero-order chi connectivity index (χ0) is 15.6. The molecule has 0 spiro atoms. The van der Waals surface area contributed by atoms with Gasteiger partial charge in [-0.25, -0.2) is 0 Å². The van der Waals surface area contributed by atoms with Gasteiger partial charge in [-0.15, -0.1) is 0 Å². The van der Waals surface area contributed by atoms with Crippen molar-refractivity contribution in [3.63, 3.8) is 0 Å². The summed E-state index contributed by atoms with van der Waals surface area (Å²) in [6, 6.07) is 4.25. The Bertz CT molecular complexity index is 419. The van der Waals surface area contributed by atoms with E-state index < -0.39 is 20.5 Å². The molecule has 1 N–H and O–H groups in total. The lowest BCUT2D eigenvalue weighted by Gasteiger charge is -2.28. The molecule has 1 aromatic carbocycles. The van der Waals surface area contributed by atoms with Crippen molar-refractivity contribution in [1.82, 2.24) is 0 Å². The van der Waals surface area contributed by atoms with E-state index in [4.69, 9.17) is 8.85 Å². The van der Waals surface area contributed by atoms with Crippen LogP contribution in [-0.4, -0.2) is 25.8 Å². The van der Waals surface area contributed by atoms with Gasteiger partial charge in [0.1, 0.15) is 0 Å². The van der Waals surface area contributed by atoms with Crippen LogP contribution in [-0.2, 0) is 15.0 Å². The molecule has 0 heterocycles. The minimum Gasteiger partial charge on any atom is -0.386 e. The highest BCUT2D eigenvalue weighted by Gasteiger charge is 2.42. The summed E-state index contributed by atoms with van der Waals surface area (Å²) in [6.45, 7) is 6.91. The number of hydrogen-bond acceptors (Lipinski definition) is 3. The Morgan fingerprint density at radius 3 is 1.65 bits per heavy atom. The number of rotatable bonds is 5. The molecule has 7 heteroatoms. The molecular formula is C13H19F3O3Si. The molecule has 114 valence electrons. The maximum absolute atomic E-state index is 12.5. The Kier molecular flexibility index (Phi) is 5.37. The van der Waals surface area contributed by atoms with Crippen molar-refractivity contribution in [3.8, 4) is 0 Å². The molecule has 1 rings (SSSR count). The van der Waals surface area contributed by atoms with E-state index in [-0.39, 0.29) is 17.4 Å². The van der Waals surface area contributed by atoms with Crippen molar-refractivity contribution < 1.29 is 26.8 Å². The van der Waals surface area contributed by atoms with Gasteiger partial charge in [0.25, 0.3) is 0 Å². The molecule has 20 heavy (non-hydrogen) atoms. The Hall–Kier alpha value is -0.893. The highest BCUT2D eigenvalue weighted by atomic mass is 28.4. The van der Waals surface area contributed by atoms with Crippen molar-refractivity contribution in [2.24, 2.45) is 0 Å². The molecule has 3 nitrogen and oxygen atoms in total. The van der Waals surface area contributed by atoms with Crippen molar-refractivity contribution in [2.75, 3.05) is 0 Å². The van der Waals surface area contributed by atoms with Crippen molar-refractivity contribution >= 4 is 14.0 Å². The Balaban J connectivity index is 3.08. The Labute approximate surface area is 117 Å². The number of alkyl halides is 3. The Morgan fingerprint density at radius 1 is 0.950 bits per heavy atom. The average Bonchev–Trinajstić information content (AvgIpc) is 2.25. The fourth-order valence-corrected chi connectivity index (χ4v) is 3.87. The molecule has 0 bridgehead atoms. The van der Waals surface area contributed by atoms with Gasteiger partial charge in [-0.05, 0) is 39.8 Å². The summed E-state index contributed by atoms with van der Waals surface area (Å²) in [5.41, 5.74) is -0.772. The molecule has 0 saturated heterocycles. The predicted molar refractivity (Wildman–Crippen MR) is 71.5 cm³/mol. The molecular weight excluding hydrogens is 289 g/mol. The zero-order valence-corrected chi connectivity index (χ0v) is 12.9. The molecule has 0 amide bonds. The largest absolute Gasteiger partial charge is 0.534 e. The van der Waals surface area contributed by atoms with Crippen molar-refractivity contribution in [1.29, 1.82) is 0 Å². The quantitative estimate of drug-likeness (QED) is 0.850. The van der Waals surface area contributed by atoms with Crippen LogP contribution in [0.25, 0.3) is 0 Å². The second-order valence-corrected chi connectivity index (χ2v) is 7.20. The third-order valence-corrected chi connectivity index (χ3v) is 5.01. The third-order valence-electron chi connectivity index (χ3n) is 2.37. The fraction of sp³-hybridized carbons (Fsp3) is 0.538. The monoisotopic (exact) mass is 308 g/mol. The molecule has 0 unspecified atom stereocenters. The highest BCUT2D eigenvalue weighted by Crippen LogP contribution is 2.28. The average molecular weight is 308 g/mol. The van der Waals surface area contributed by atoms with Crippen LogP contribution in [0, 0.1) is 0 Å². The molecule has 0 radical (unpaired) electrons. The highest BCUT2D eigenvalue weighted by molar-refractivity contribution is 6.74. The summed E-state index contributed by atoms with van der Waals surface area (Å²) in [4.78, 5) is 10.5. The molecule has 0 aliphatic heterocycles. The second kappa shape index (κ2) is 6.25. The zero-order valence-electron chi connectivity index (χ0n) is 11.9. The molecule has 0 saturated carbocycles. The van der Waals surface area contributed by atoms with Crippen molar-refractivity contribution in [2.45, 2.75) is 46.1 Å². The van der Waals surface area contributed by atoms with Crippen LogP contribution >= 0.6 is 0 Å². The van der Waals surface area contributed by atoms with Crippen LogP contribution in [0.2, 0.25) is 0 Å². The molecule has 0 aromatic heterocycles. The van der Waals surface area contributed by atoms with E-state index in [9.17, 15) is 18.0 Å². The van der Waals surface area contributed by atoms with Gasteiger partial charge < -0.3 is 13.6 Å². The van der Waals surface area contributed by atoms with Gasteiger partial charge in [-0.2, -0.15) is 13.2 Å². The van der Waals surface area contributed by atoms with Crippen LogP contribution in [0.4, 0.5) is 13.2 Å². The van der Waals surface area contributed by atoms with Crippen LogP contribution in [0.1, 0.15) is 33.3 Å². The van der Waals surface area contributed by atoms with E-state index in [1.807, 2.05) is 0 Å². The maximum Gasteiger partial charge on any atom is 0.534 e. The summed E-state index contributed by atoms with van der Waals surface area (Å²) >= 11 is 0.